The van der Waals surface area contributed by atoms with Gasteiger partial charge in [0.2, 0.25) is 5.82 Å². The summed E-state index contributed by atoms with van der Waals surface area (Å²) in [5.74, 6) is -4.62. The zero-order valence-corrected chi connectivity index (χ0v) is 20.0. The number of phosphoric ester groups is 1. The number of hydrogen-bond donors (Lipinski definition) is 1. The molecule has 4 fully saturated rings. The molecule has 1 aromatic carbocycles. The summed E-state index contributed by atoms with van der Waals surface area (Å²) in [7, 11) is -4.00. The van der Waals surface area contributed by atoms with Gasteiger partial charge in [-0.25, -0.2) is 32.2 Å². The highest BCUT2D eigenvalue weighted by atomic mass is 31.2. The van der Waals surface area contributed by atoms with Crippen LogP contribution in [0.5, 0.6) is 0 Å². The number of rotatable bonds is 7. The van der Waals surface area contributed by atoms with Gasteiger partial charge >= 0.3 is 25.6 Å². The molecular weight excluding hydrogens is 498 g/mol. The minimum Gasteiger partial charge on any atom is -0.405 e. The predicted octanol–water partition coefficient (Wildman–Crippen LogP) is 3.21. The fourth-order valence-corrected chi connectivity index (χ4v) is 6.12. The van der Waals surface area contributed by atoms with E-state index in [2.05, 4.69) is 20.4 Å². The van der Waals surface area contributed by atoms with E-state index in [9.17, 15) is 14.5 Å². The average Bonchev–Trinajstić information content (AvgIpc) is 3.52. The van der Waals surface area contributed by atoms with Gasteiger partial charge in [0.05, 0.1) is 12.2 Å². The van der Waals surface area contributed by atoms with E-state index in [1.807, 2.05) is 6.92 Å². The zero-order valence-electron chi connectivity index (χ0n) is 19.1. The van der Waals surface area contributed by atoms with Crippen LogP contribution >= 0.6 is 7.82 Å². The minimum absolute atomic E-state index is 0.00973. The Bertz CT molecular complexity index is 1410. The lowest BCUT2D eigenvalue weighted by Gasteiger charge is -2.39. The Morgan fingerprint density at radius 3 is 2.67 bits per heavy atom. The maximum atomic E-state index is 15.2. The molecule has 4 saturated heterocycles. The summed E-state index contributed by atoms with van der Waals surface area (Å²) in [4.78, 5) is 19.4. The summed E-state index contributed by atoms with van der Waals surface area (Å²) in [6.45, 7) is 4.24. The van der Waals surface area contributed by atoms with Crippen LogP contribution in [0.3, 0.4) is 0 Å². The molecule has 2 aromatic heterocycles. The third-order valence-corrected chi connectivity index (χ3v) is 7.53. The van der Waals surface area contributed by atoms with E-state index in [0.717, 1.165) is 17.4 Å². The first kappa shape index (κ1) is 23.1. The van der Waals surface area contributed by atoms with Gasteiger partial charge in [-0.15, -0.1) is 10.2 Å². The summed E-state index contributed by atoms with van der Waals surface area (Å²) < 4.78 is 48.8. The van der Waals surface area contributed by atoms with Crippen LogP contribution in [0.25, 0.3) is 22.6 Å². The van der Waals surface area contributed by atoms with Gasteiger partial charge in [-0.1, -0.05) is 19.9 Å². The molecule has 15 heteroatoms. The number of phosphoric acid groups is 1. The Hall–Kier alpha value is -3.29. The van der Waals surface area contributed by atoms with Gasteiger partial charge in [0.15, 0.2) is 0 Å². The second-order valence-electron chi connectivity index (χ2n) is 8.40. The predicted molar refractivity (Wildman–Crippen MR) is 118 cm³/mol. The van der Waals surface area contributed by atoms with Gasteiger partial charge in [-0.2, -0.15) is 4.80 Å². The summed E-state index contributed by atoms with van der Waals surface area (Å²) in [6, 6.07) is 7.25. The number of aliphatic hydroxyl groups excluding tert-OH is 1. The largest absolute Gasteiger partial charge is 0.486 e. The van der Waals surface area contributed by atoms with Crippen LogP contribution in [-0.2, 0) is 29.4 Å². The number of amides is 1. The molecule has 7 rings (SSSR count). The number of aromatic nitrogens is 5. The zero-order chi connectivity index (χ0) is 25.3. The molecule has 4 aliphatic heterocycles. The molecule has 1 spiro atoms. The number of carbonyl (C=O) groups is 1. The highest BCUT2D eigenvalue weighted by molar-refractivity contribution is 7.50. The topological polar surface area (TPSA) is 151 Å². The fraction of sp³-hybridized carbons (Fsp3) is 0.381. The first-order valence-corrected chi connectivity index (χ1v) is 12.7. The molecule has 2 bridgehead atoms. The highest BCUT2D eigenvalue weighted by Gasteiger charge is 2.91. The lowest BCUT2D eigenvalue weighted by atomic mass is 10.0. The van der Waals surface area contributed by atoms with Crippen LogP contribution in [0.15, 0.2) is 36.5 Å². The van der Waals surface area contributed by atoms with Crippen molar-refractivity contribution in [3.8, 4) is 22.6 Å². The number of ether oxygens (including phenoxy) is 1. The maximum absolute atomic E-state index is 15.2. The van der Waals surface area contributed by atoms with Crippen molar-refractivity contribution >= 4 is 19.6 Å². The summed E-state index contributed by atoms with van der Waals surface area (Å²) in [6.07, 6.45) is -0.0142. The molecule has 13 nitrogen and oxygen atoms in total. The third kappa shape index (κ3) is 3.09. The third-order valence-electron chi connectivity index (χ3n) is 6.09. The van der Waals surface area contributed by atoms with Crippen molar-refractivity contribution in [2.24, 2.45) is 0 Å². The molecule has 36 heavy (non-hydrogen) atoms. The van der Waals surface area contributed by atoms with E-state index >= 15 is 4.39 Å². The smallest absolute Gasteiger partial charge is 0.405 e. The molecule has 4 aliphatic rings. The van der Waals surface area contributed by atoms with E-state index < -0.39 is 37.5 Å². The molecule has 1 N–H and O–H groups in total. The van der Waals surface area contributed by atoms with Crippen molar-refractivity contribution in [1.29, 1.82) is 0 Å². The second-order valence-corrected chi connectivity index (χ2v) is 9.85. The van der Waals surface area contributed by atoms with Gasteiger partial charge in [-0.3, -0.25) is 4.98 Å². The summed E-state index contributed by atoms with van der Waals surface area (Å²) in [5.41, 5.74) is 1.14. The highest BCUT2D eigenvalue weighted by Crippen LogP contribution is 2.81. The number of carbonyl (C=O) groups excluding carboxylic acids is 1. The lowest BCUT2D eigenvalue weighted by molar-refractivity contribution is -0.281. The molecular formula is C21H20FN6O7P. The standard InChI is InChI=1S/C21H20FN6O7P/c1-3-9-27-25-18(24-26-27)16-8-5-12(11-23-16)14-7-6-13(10-15(14)22)28-19(30)32-20(17(29)4-2)21(28)34-36(31,33-20)35-21/h5-8,10-11,17,29H,3-4,9H2,1-2H3/t17-,20-,21?,36?/m0/s1. The quantitative estimate of drug-likeness (QED) is 0.459. The van der Waals surface area contributed by atoms with Crippen molar-refractivity contribution in [2.75, 3.05) is 4.90 Å². The minimum atomic E-state index is -4.00. The molecule has 1 amide bonds. The Kier molecular flexibility index (Phi) is 5.05. The Morgan fingerprint density at radius 2 is 2.00 bits per heavy atom. The van der Waals surface area contributed by atoms with Gasteiger partial charge in [0, 0.05) is 17.3 Å². The van der Waals surface area contributed by atoms with Crippen LogP contribution in [0.1, 0.15) is 26.7 Å². The molecule has 6 heterocycles. The van der Waals surface area contributed by atoms with Crippen LogP contribution in [0.2, 0.25) is 0 Å². The lowest BCUT2D eigenvalue weighted by Crippen LogP contribution is -2.63. The number of tetrazole rings is 1. The van der Waals surface area contributed by atoms with Crippen molar-refractivity contribution in [3.63, 3.8) is 0 Å². The van der Waals surface area contributed by atoms with E-state index in [1.54, 1.807) is 19.1 Å². The Labute approximate surface area is 203 Å². The number of pyridine rings is 1. The summed E-state index contributed by atoms with van der Waals surface area (Å²) >= 11 is 0. The first-order chi connectivity index (χ1) is 17.2. The molecule has 0 radical (unpaired) electrons. The van der Waals surface area contributed by atoms with Crippen LogP contribution < -0.4 is 4.90 Å². The normalized spacial score (nSPS) is 29.1. The molecule has 0 saturated carbocycles. The number of halogens is 1. The average molecular weight is 518 g/mol. The van der Waals surface area contributed by atoms with E-state index in [-0.39, 0.29) is 17.7 Å². The number of aliphatic hydroxyl groups is 1. The van der Waals surface area contributed by atoms with Gasteiger partial charge in [-0.05, 0) is 42.3 Å². The van der Waals surface area contributed by atoms with Crippen LogP contribution in [0, 0.1) is 5.82 Å². The SMILES string of the molecule is CCCn1nnc(-c2ccc(-c3ccc(N4C(=O)O[C@@]5([C@@H](O)CC)OP6(=O)OC45O6)cc3F)cn2)n1. The van der Waals surface area contributed by atoms with Gasteiger partial charge < -0.3 is 9.84 Å². The number of nitrogens with zero attached hydrogens (tertiary/aromatic N) is 6. The first-order valence-electron chi connectivity index (χ1n) is 11.2. The van der Waals surface area contributed by atoms with E-state index in [1.165, 1.54) is 23.1 Å². The second kappa shape index (κ2) is 7.85. The summed E-state index contributed by atoms with van der Waals surface area (Å²) in [5, 5.41) is 22.7. The molecule has 0 unspecified atom stereocenters. The Balaban J connectivity index is 1.30. The van der Waals surface area contributed by atoms with E-state index in [4.69, 9.17) is 18.3 Å². The number of hydrogen-bond acceptors (Lipinski definition) is 11. The van der Waals surface area contributed by atoms with Crippen molar-refractivity contribution in [1.82, 2.24) is 25.2 Å². The van der Waals surface area contributed by atoms with Gasteiger partial charge in [0.1, 0.15) is 17.6 Å². The van der Waals surface area contributed by atoms with Crippen LogP contribution in [-0.4, -0.2) is 54.2 Å². The molecule has 3 aromatic rings. The van der Waals surface area contributed by atoms with Crippen molar-refractivity contribution in [2.45, 2.75) is 51.0 Å². The Morgan fingerprint density at radius 1 is 1.19 bits per heavy atom. The monoisotopic (exact) mass is 518 g/mol. The molecule has 188 valence electrons. The van der Waals surface area contributed by atoms with E-state index in [0.29, 0.717) is 23.6 Å². The fourth-order valence-electron chi connectivity index (χ4n) is 4.40. The number of aryl methyl sites for hydroxylation is 1. The van der Waals surface area contributed by atoms with Crippen molar-refractivity contribution in [3.05, 3.63) is 42.3 Å². The number of anilines is 1. The van der Waals surface area contributed by atoms with Gasteiger partial charge in [0.25, 0.3) is 0 Å². The van der Waals surface area contributed by atoms with Crippen LogP contribution in [0.4, 0.5) is 14.9 Å². The molecule has 2 atom stereocenters. The van der Waals surface area contributed by atoms with Crippen molar-refractivity contribution < 1.29 is 37.2 Å². The number of benzene rings is 1. The molecule has 0 aliphatic carbocycles. The maximum Gasteiger partial charge on any atom is 0.486 e.